The number of carbonyl (C=O) groups is 1. The number of aromatic nitrogens is 2. The van der Waals surface area contributed by atoms with Gasteiger partial charge in [-0.2, -0.15) is 4.98 Å². The van der Waals surface area contributed by atoms with E-state index in [-0.39, 0.29) is 11.8 Å². The second kappa shape index (κ2) is 10.7. The highest BCUT2D eigenvalue weighted by molar-refractivity contribution is 6.33. The average molecular weight is 453 g/mol. The molecule has 0 bridgehead atoms. The average Bonchev–Trinajstić information content (AvgIpc) is 3.27. The number of likely N-dealkylation sites (tertiary alicyclic amines) is 1. The number of amides is 1. The van der Waals surface area contributed by atoms with Crippen molar-refractivity contribution in [1.82, 2.24) is 15.0 Å². The number of unbranched alkanes of at least 4 members (excludes halogenated alkanes) is 1. The number of halogens is 1. The maximum absolute atomic E-state index is 12.7. The molecule has 0 radical (unpaired) electrons. The zero-order valence-corrected chi connectivity index (χ0v) is 19.1. The van der Waals surface area contributed by atoms with Crippen molar-refractivity contribution >= 4 is 23.2 Å². The topological polar surface area (TPSA) is 71.3 Å². The van der Waals surface area contributed by atoms with E-state index in [1.165, 1.54) is 18.4 Å². The number of benzene rings is 2. The number of nitrogens with one attached hydrogen (secondary N) is 1. The van der Waals surface area contributed by atoms with Crippen LogP contribution in [0.1, 0.15) is 44.1 Å². The maximum Gasteiger partial charge on any atom is 0.241 e. The van der Waals surface area contributed by atoms with Crippen LogP contribution in [0.4, 0.5) is 5.69 Å². The molecule has 0 aliphatic carbocycles. The minimum Gasteiger partial charge on any atom is -0.338 e. The molecule has 6 nitrogen and oxygen atoms in total. The number of nitrogens with zero attached hydrogens (tertiary/aromatic N) is 3. The van der Waals surface area contributed by atoms with E-state index in [1.54, 1.807) is 0 Å². The molecular formula is C25H29ClN4O2. The number of piperidine rings is 1. The zero-order valence-electron chi connectivity index (χ0n) is 18.4. The molecule has 1 saturated heterocycles. The molecule has 0 spiro atoms. The second-order valence-corrected chi connectivity index (χ2v) is 8.74. The van der Waals surface area contributed by atoms with Crippen molar-refractivity contribution in [3.05, 3.63) is 65.0 Å². The van der Waals surface area contributed by atoms with Gasteiger partial charge in [-0.05, 0) is 68.6 Å². The highest BCUT2D eigenvalue weighted by Crippen LogP contribution is 2.26. The van der Waals surface area contributed by atoms with Crippen LogP contribution in [-0.4, -0.2) is 34.0 Å². The van der Waals surface area contributed by atoms with Crippen molar-refractivity contribution < 1.29 is 9.32 Å². The van der Waals surface area contributed by atoms with E-state index in [2.05, 4.69) is 39.4 Å². The molecule has 7 heteroatoms. The summed E-state index contributed by atoms with van der Waals surface area (Å²) in [5.41, 5.74) is 2.95. The summed E-state index contributed by atoms with van der Waals surface area (Å²) in [6, 6.07) is 15.7. The molecule has 1 aromatic heterocycles. The normalized spacial score (nSPS) is 15.1. The molecule has 0 atom stereocenters. The molecule has 1 amide bonds. The van der Waals surface area contributed by atoms with E-state index >= 15 is 0 Å². The Balaban J connectivity index is 1.25. The Labute approximate surface area is 194 Å². The van der Waals surface area contributed by atoms with Gasteiger partial charge in [-0.15, -0.1) is 0 Å². The Hall–Kier alpha value is -2.70. The van der Waals surface area contributed by atoms with E-state index in [1.807, 2.05) is 36.4 Å². The summed E-state index contributed by atoms with van der Waals surface area (Å²) in [6.45, 7) is 4.40. The lowest BCUT2D eigenvalue weighted by Crippen LogP contribution is -2.37. The lowest BCUT2D eigenvalue weighted by atomic mass is 9.95. The highest BCUT2D eigenvalue weighted by Gasteiger charge is 2.26. The van der Waals surface area contributed by atoms with Crippen LogP contribution in [-0.2, 0) is 17.8 Å². The Morgan fingerprint density at radius 1 is 1.16 bits per heavy atom. The van der Waals surface area contributed by atoms with Gasteiger partial charge < -0.3 is 9.84 Å². The fourth-order valence-corrected chi connectivity index (χ4v) is 4.22. The molecule has 1 aliphatic heterocycles. The Morgan fingerprint density at radius 2 is 1.91 bits per heavy atom. The van der Waals surface area contributed by atoms with E-state index < -0.39 is 0 Å². The van der Waals surface area contributed by atoms with Gasteiger partial charge in [0.15, 0.2) is 0 Å². The molecular weight excluding hydrogens is 424 g/mol. The van der Waals surface area contributed by atoms with Crippen LogP contribution >= 0.6 is 11.6 Å². The lowest BCUT2D eigenvalue weighted by molar-refractivity contribution is -0.121. The summed E-state index contributed by atoms with van der Waals surface area (Å²) in [5.74, 6) is 1.18. The molecule has 1 aliphatic rings. The Morgan fingerprint density at radius 3 is 2.62 bits per heavy atom. The predicted octanol–water partition coefficient (Wildman–Crippen LogP) is 5.58. The summed E-state index contributed by atoms with van der Waals surface area (Å²) in [4.78, 5) is 19.4. The van der Waals surface area contributed by atoms with Crippen LogP contribution in [0.2, 0.25) is 5.02 Å². The van der Waals surface area contributed by atoms with Gasteiger partial charge in [-0.25, -0.2) is 0 Å². The maximum atomic E-state index is 12.7. The van der Waals surface area contributed by atoms with Gasteiger partial charge in [0.25, 0.3) is 0 Å². The largest absolute Gasteiger partial charge is 0.338 e. The monoisotopic (exact) mass is 452 g/mol. The lowest BCUT2D eigenvalue weighted by Gasteiger charge is -2.30. The van der Waals surface area contributed by atoms with E-state index in [9.17, 15) is 4.79 Å². The van der Waals surface area contributed by atoms with Crippen molar-refractivity contribution in [1.29, 1.82) is 0 Å². The number of rotatable bonds is 8. The fourth-order valence-electron chi connectivity index (χ4n) is 4.00. The number of hydrogen-bond donors (Lipinski definition) is 1. The van der Waals surface area contributed by atoms with Gasteiger partial charge in [-0.3, -0.25) is 9.69 Å². The van der Waals surface area contributed by atoms with E-state index in [0.717, 1.165) is 43.6 Å². The molecule has 0 unspecified atom stereocenters. The standard InChI is InChI=1S/C25H29ClN4O2/c1-2-3-6-18-9-11-20(12-10-18)27-25(31)19-13-15-30(16-14-19)17-23-28-24(29-32-23)21-7-4-5-8-22(21)26/h4-5,7-12,19H,2-3,6,13-17H2,1H3,(H,27,31). The summed E-state index contributed by atoms with van der Waals surface area (Å²) in [6.07, 6.45) is 5.09. The minimum atomic E-state index is 0.0207. The Kier molecular flexibility index (Phi) is 7.55. The predicted molar refractivity (Wildman–Crippen MR) is 126 cm³/mol. The minimum absolute atomic E-state index is 0.0207. The first-order chi connectivity index (χ1) is 15.6. The molecule has 1 fully saturated rings. The summed E-state index contributed by atoms with van der Waals surface area (Å²) < 4.78 is 5.42. The number of anilines is 1. The third kappa shape index (κ3) is 5.75. The van der Waals surface area contributed by atoms with Gasteiger partial charge in [0.05, 0.1) is 11.6 Å². The highest BCUT2D eigenvalue weighted by atomic mass is 35.5. The summed E-state index contributed by atoms with van der Waals surface area (Å²) in [5, 5.41) is 7.74. The molecule has 2 aromatic carbocycles. The van der Waals surface area contributed by atoms with Crippen LogP contribution in [0.5, 0.6) is 0 Å². The third-order valence-corrected chi connectivity index (χ3v) is 6.27. The van der Waals surface area contributed by atoms with Crippen molar-refractivity contribution in [3.8, 4) is 11.4 Å². The zero-order chi connectivity index (χ0) is 22.3. The fraction of sp³-hybridized carbons (Fsp3) is 0.400. The second-order valence-electron chi connectivity index (χ2n) is 8.33. The molecule has 1 N–H and O–H groups in total. The summed E-state index contributed by atoms with van der Waals surface area (Å²) >= 11 is 6.22. The molecule has 2 heterocycles. The van der Waals surface area contributed by atoms with Crippen LogP contribution in [0.15, 0.2) is 53.1 Å². The summed E-state index contributed by atoms with van der Waals surface area (Å²) in [7, 11) is 0. The first-order valence-electron chi connectivity index (χ1n) is 11.3. The molecule has 0 saturated carbocycles. The molecule has 168 valence electrons. The van der Waals surface area contributed by atoms with Gasteiger partial charge in [0, 0.05) is 17.2 Å². The van der Waals surface area contributed by atoms with Crippen LogP contribution in [0, 0.1) is 5.92 Å². The van der Waals surface area contributed by atoms with E-state index in [4.69, 9.17) is 16.1 Å². The van der Waals surface area contributed by atoms with Crippen LogP contribution < -0.4 is 5.32 Å². The molecule has 4 rings (SSSR count). The van der Waals surface area contributed by atoms with Gasteiger partial charge >= 0.3 is 0 Å². The first kappa shape index (κ1) is 22.5. The van der Waals surface area contributed by atoms with Crippen molar-refractivity contribution in [2.75, 3.05) is 18.4 Å². The van der Waals surface area contributed by atoms with Gasteiger partial charge in [0.1, 0.15) is 0 Å². The van der Waals surface area contributed by atoms with E-state index in [0.29, 0.717) is 23.3 Å². The van der Waals surface area contributed by atoms with Crippen LogP contribution in [0.3, 0.4) is 0 Å². The van der Waals surface area contributed by atoms with Crippen LogP contribution in [0.25, 0.3) is 11.4 Å². The molecule has 3 aromatic rings. The smallest absolute Gasteiger partial charge is 0.241 e. The number of carbonyl (C=O) groups excluding carboxylic acids is 1. The quantitative estimate of drug-likeness (QED) is 0.482. The molecule has 32 heavy (non-hydrogen) atoms. The van der Waals surface area contributed by atoms with Gasteiger partial charge in [-0.1, -0.05) is 54.4 Å². The Bertz CT molecular complexity index is 1030. The van der Waals surface area contributed by atoms with Crippen molar-refractivity contribution in [2.24, 2.45) is 5.92 Å². The number of hydrogen-bond acceptors (Lipinski definition) is 5. The third-order valence-electron chi connectivity index (χ3n) is 5.94. The first-order valence-corrected chi connectivity index (χ1v) is 11.7. The van der Waals surface area contributed by atoms with Gasteiger partial charge in [0.2, 0.25) is 17.6 Å². The van der Waals surface area contributed by atoms with Crippen molar-refractivity contribution in [2.45, 2.75) is 45.6 Å². The van der Waals surface area contributed by atoms with Crippen molar-refractivity contribution in [3.63, 3.8) is 0 Å². The number of aryl methyl sites for hydroxylation is 1. The SMILES string of the molecule is CCCCc1ccc(NC(=O)C2CCN(Cc3nc(-c4ccccc4Cl)no3)CC2)cc1.